The van der Waals surface area contributed by atoms with Crippen LogP contribution in [0.25, 0.3) is 0 Å². The lowest BCUT2D eigenvalue weighted by atomic mass is 9.88. The number of carbonyl (C=O) groups excluding carboxylic acids is 2. The number of nitrogens with one attached hydrogen (secondary N) is 1. The van der Waals surface area contributed by atoms with Crippen molar-refractivity contribution in [2.75, 3.05) is 6.61 Å². The van der Waals surface area contributed by atoms with E-state index in [1.54, 1.807) is 12.1 Å². The van der Waals surface area contributed by atoms with Crippen molar-refractivity contribution in [3.8, 4) is 0 Å². The summed E-state index contributed by atoms with van der Waals surface area (Å²) in [4.78, 5) is 24.9. The normalized spacial score (nSPS) is 13.2. The first-order valence-electron chi connectivity index (χ1n) is 10.5. The first kappa shape index (κ1) is 23.9. The lowest BCUT2D eigenvalue weighted by Gasteiger charge is -2.20. The van der Waals surface area contributed by atoms with E-state index in [1.807, 2.05) is 45.0 Å². The van der Waals surface area contributed by atoms with Gasteiger partial charge in [0.2, 0.25) is 0 Å². The molecule has 0 saturated heterocycles. The SMILES string of the molecule is CC(C)Cc1ccc([C@H](C)NC(=O)COC(=O)[C@@H](c2ccc(Cl)cc2)C(C)C)cc1. The van der Waals surface area contributed by atoms with Gasteiger partial charge in [-0.2, -0.15) is 0 Å². The monoisotopic (exact) mass is 429 g/mol. The molecule has 0 aliphatic carbocycles. The molecule has 1 N–H and O–H groups in total. The first-order chi connectivity index (χ1) is 14.2. The Morgan fingerprint density at radius 2 is 1.47 bits per heavy atom. The van der Waals surface area contributed by atoms with Crippen LogP contribution in [0.3, 0.4) is 0 Å². The Labute approximate surface area is 185 Å². The Hall–Kier alpha value is -2.33. The van der Waals surface area contributed by atoms with E-state index < -0.39 is 11.9 Å². The molecule has 2 aromatic rings. The number of carbonyl (C=O) groups is 2. The Morgan fingerprint density at radius 1 is 0.900 bits per heavy atom. The standard InChI is InChI=1S/C25H32ClNO3/c1-16(2)14-19-6-8-20(9-7-19)18(5)27-23(28)15-30-25(29)24(17(3)4)21-10-12-22(26)13-11-21/h6-13,16-18,24H,14-15H2,1-5H3,(H,27,28)/t18-,24+/m0/s1. The number of benzene rings is 2. The summed E-state index contributed by atoms with van der Waals surface area (Å²) in [5.74, 6) is -0.537. The van der Waals surface area contributed by atoms with Crippen LogP contribution < -0.4 is 5.32 Å². The maximum atomic E-state index is 12.6. The summed E-state index contributed by atoms with van der Waals surface area (Å²) in [5, 5.41) is 3.50. The largest absolute Gasteiger partial charge is 0.455 e. The summed E-state index contributed by atoms with van der Waals surface area (Å²) in [7, 11) is 0. The van der Waals surface area contributed by atoms with Crippen molar-refractivity contribution in [2.45, 2.75) is 53.0 Å². The molecule has 2 aromatic carbocycles. The third-order valence-corrected chi connectivity index (χ3v) is 5.25. The molecule has 0 aromatic heterocycles. The van der Waals surface area contributed by atoms with Crippen LogP contribution in [0, 0.1) is 11.8 Å². The molecule has 0 aliphatic heterocycles. The smallest absolute Gasteiger partial charge is 0.314 e. The van der Waals surface area contributed by atoms with Crippen molar-refractivity contribution in [1.82, 2.24) is 5.32 Å². The topological polar surface area (TPSA) is 55.4 Å². The van der Waals surface area contributed by atoms with Crippen LogP contribution in [-0.4, -0.2) is 18.5 Å². The highest BCUT2D eigenvalue weighted by atomic mass is 35.5. The Kier molecular flexibility index (Phi) is 8.91. The van der Waals surface area contributed by atoms with Gasteiger partial charge in [0, 0.05) is 5.02 Å². The highest BCUT2D eigenvalue weighted by molar-refractivity contribution is 6.30. The molecule has 0 radical (unpaired) electrons. The summed E-state index contributed by atoms with van der Waals surface area (Å²) in [5.41, 5.74) is 3.13. The minimum absolute atomic E-state index is 0.0324. The van der Waals surface area contributed by atoms with Crippen LogP contribution in [0.4, 0.5) is 0 Å². The molecule has 2 atom stereocenters. The Bertz CT molecular complexity index is 828. The summed E-state index contributed by atoms with van der Waals surface area (Å²) in [6, 6.07) is 15.2. The second kappa shape index (κ2) is 11.2. The van der Waals surface area contributed by atoms with E-state index in [0.29, 0.717) is 10.9 Å². The summed E-state index contributed by atoms with van der Waals surface area (Å²) < 4.78 is 5.33. The number of hydrogen-bond acceptors (Lipinski definition) is 3. The number of hydrogen-bond donors (Lipinski definition) is 1. The third kappa shape index (κ3) is 7.17. The quantitative estimate of drug-likeness (QED) is 0.520. The minimum atomic E-state index is -0.444. The van der Waals surface area contributed by atoms with E-state index in [1.165, 1.54) is 5.56 Å². The molecule has 0 fully saturated rings. The summed E-state index contributed by atoms with van der Waals surface area (Å²) >= 11 is 5.94. The van der Waals surface area contributed by atoms with Gasteiger partial charge in [-0.3, -0.25) is 9.59 Å². The minimum Gasteiger partial charge on any atom is -0.455 e. The van der Waals surface area contributed by atoms with Crippen LogP contribution in [0.15, 0.2) is 48.5 Å². The highest BCUT2D eigenvalue weighted by Crippen LogP contribution is 2.27. The van der Waals surface area contributed by atoms with Gasteiger partial charge in [0.15, 0.2) is 6.61 Å². The van der Waals surface area contributed by atoms with Crippen LogP contribution in [0.5, 0.6) is 0 Å². The second-order valence-corrected chi connectivity index (χ2v) is 8.95. The van der Waals surface area contributed by atoms with E-state index in [0.717, 1.165) is 17.5 Å². The van der Waals surface area contributed by atoms with Gasteiger partial charge in [0.1, 0.15) is 0 Å². The first-order valence-corrected chi connectivity index (χ1v) is 10.9. The zero-order chi connectivity index (χ0) is 22.3. The summed E-state index contributed by atoms with van der Waals surface area (Å²) in [6.45, 7) is 9.90. The molecule has 30 heavy (non-hydrogen) atoms. The van der Waals surface area contributed by atoms with Gasteiger partial charge in [-0.25, -0.2) is 0 Å². The number of amides is 1. The number of ether oxygens (including phenoxy) is 1. The van der Waals surface area contributed by atoms with Crippen LogP contribution in [0.2, 0.25) is 5.02 Å². The molecule has 0 saturated carbocycles. The van der Waals surface area contributed by atoms with Crippen molar-refractivity contribution in [3.63, 3.8) is 0 Å². The molecule has 1 amide bonds. The highest BCUT2D eigenvalue weighted by Gasteiger charge is 2.26. The van der Waals surface area contributed by atoms with Gasteiger partial charge in [-0.15, -0.1) is 0 Å². The summed E-state index contributed by atoms with van der Waals surface area (Å²) in [6.07, 6.45) is 1.03. The number of halogens is 1. The van der Waals surface area contributed by atoms with E-state index in [4.69, 9.17) is 16.3 Å². The third-order valence-electron chi connectivity index (χ3n) is 5.00. The molecule has 0 heterocycles. The molecule has 4 nitrogen and oxygen atoms in total. The predicted molar refractivity (Wildman–Crippen MR) is 122 cm³/mol. The lowest BCUT2D eigenvalue weighted by molar-refractivity contribution is -0.151. The average Bonchev–Trinajstić information content (AvgIpc) is 2.68. The van der Waals surface area contributed by atoms with E-state index >= 15 is 0 Å². The maximum Gasteiger partial charge on any atom is 0.314 e. The van der Waals surface area contributed by atoms with Gasteiger partial charge < -0.3 is 10.1 Å². The van der Waals surface area contributed by atoms with Gasteiger partial charge in [0.05, 0.1) is 12.0 Å². The molecular formula is C25H32ClNO3. The maximum absolute atomic E-state index is 12.6. The molecule has 5 heteroatoms. The number of rotatable bonds is 9. The molecule has 2 rings (SSSR count). The van der Waals surface area contributed by atoms with E-state index in [2.05, 4.69) is 31.3 Å². The van der Waals surface area contributed by atoms with Crippen molar-refractivity contribution >= 4 is 23.5 Å². The van der Waals surface area contributed by atoms with Crippen molar-refractivity contribution in [1.29, 1.82) is 0 Å². The fourth-order valence-electron chi connectivity index (χ4n) is 3.47. The predicted octanol–water partition coefficient (Wildman–Crippen LogP) is 5.70. The molecule has 162 valence electrons. The molecule has 0 unspecified atom stereocenters. The van der Waals surface area contributed by atoms with Crippen LogP contribution in [0.1, 0.15) is 63.3 Å². The Morgan fingerprint density at radius 3 is 2.00 bits per heavy atom. The van der Waals surface area contributed by atoms with Gasteiger partial charge in [0.25, 0.3) is 5.91 Å². The Balaban J connectivity index is 1.90. The van der Waals surface area contributed by atoms with Crippen molar-refractivity contribution in [3.05, 3.63) is 70.2 Å². The average molecular weight is 430 g/mol. The van der Waals surface area contributed by atoms with Gasteiger partial charge in [-0.1, -0.05) is 75.7 Å². The lowest BCUT2D eigenvalue weighted by Crippen LogP contribution is -2.32. The molecule has 0 spiro atoms. The van der Waals surface area contributed by atoms with Crippen molar-refractivity contribution in [2.24, 2.45) is 11.8 Å². The fourth-order valence-corrected chi connectivity index (χ4v) is 3.60. The molecular weight excluding hydrogens is 398 g/mol. The molecule has 0 bridgehead atoms. The van der Waals surface area contributed by atoms with Crippen LogP contribution >= 0.6 is 11.6 Å². The van der Waals surface area contributed by atoms with Crippen molar-refractivity contribution < 1.29 is 14.3 Å². The fraction of sp³-hybridized carbons (Fsp3) is 0.440. The van der Waals surface area contributed by atoms with Gasteiger partial charge >= 0.3 is 5.97 Å². The molecule has 0 aliphatic rings. The van der Waals surface area contributed by atoms with Gasteiger partial charge in [-0.05, 0) is 54.0 Å². The van der Waals surface area contributed by atoms with Crippen LogP contribution in [-0.2, 0) is 20.7 Å². The van der Waals surface area contributed by atoms with E-state index in [9.17, 15) is 9.59 Å². The zero-order valence-electron chi connectivity index (χ0n) is 18.4. The number of esters is 1. The zero-order valence-corrected chi connectivity index (χ0v) is 19.2. The van der Waals surface area contributed by atoms with E-state index in [-0.39, 0.29) is 24.5 Å². The second-order valence-electron chi connectivity index (χ2n) is 8.51.